The molecule has 1 saturated heterocycles. The van der Waals surface area contributed by atoms with Crippen LogP contribution >= 0.6 is 15.9 Å². The highest BCUT2D eigenvalue weighted by molar-refractivity contribution is 9.10. The zero-order valence-electron chi connectivity index (χ0n) is 8.96. The highest BCUT2D eigenvalue weighted by Crippen LogP contribution is 2.30. The lowest BCUT2D eigenvalue weighted by Gasteiger charge is -2.21. The summed E-state index contributed by atoms with van der Waals surface area (Å²) in [6.45, 7) is 2.21. The maximum absolute atomic E-state index is 4.49. The van der Waals surface area contributed by atoms with Crippen LogP contribution in [0.4, 0.5) is 0 Å². The van der Waals surface area contributed by atoms with Crippen LogP contribution in [0.3, 0.4) is 0 Å². The number of rotatable bonds is 1. The SMILES string of the molecule is Brc1ccc2c(C3CCNCC3)n[nH]c2c1. The Balaban J connectivity index is 2.03. The first kappa shape index (κ1) is 10.3. The van der Waals surface area contributed by atoms with Crippen molar-refractivity contribution >= 4 is 26.8 Å². The molecule has 0 spiro atoms. The van der Waals surface area contributed by atoms with E-state index in [0.29, 0.717) is 5.92 Å². The van der Waals surface area contributed by atoms with Gasteiger partial charge in [0.25, 0.3) is 0 Å². The van der Waals surface area contributed by atoms with E-state index in [9.17, 15) is 0 Å². The second kappa shape index (κ2) is 4.18. The normalized spacial score (nSPS) is 18.1. The highest BCUT2D eigenvalue weighted by atomic mass is 79.9. The molecule has 1 aliphatic heterocycles. The van der Waals surface area contributed by atoms with Crippen LogP contribution in [0, 0.1) is 0 Å². The first-order chi connectivity index (χ1) is 7.84. The largest absolute Gasteiger partial charge is 0.317 e. The van der Waals surface area contributed by atoms with Crippen LogP contribution in [-0.4, -0.2) is 23.3 Å². The van der Waals surface area contributed by atoms with Crippen molar-refractivity contribution in [3.63, 3.8) is 0 Å². The molecule has 3 rings (SSSR count). The van der Waals surface area contributed by atoms with Crippen LogP contribution in [0.15, 0.2) is 22.7 Å². The van der Waals surface area contributed by atoms with Gasteiger partial charge in [-0.3, -0.25) is 5.10 Å². The van der Waals surface area contributed by atoms with Gasteiger partial charge < -0.3 is 5.32 Å². The fraction of sp³-hybridized carbons (Fsp3) is 0.417. The third kappa shape index (κ3) is 1.76. The van der Waals surface area contributed by atoms with E-state index in [4.69, 9.17) is 0 Å². The van der Waals surface area contributed by atoms with E-state index in [1.54, 1.807) is 0 Å². The third-order valence-electron chi connectivity index (χ3n) is 3.28. The van der Waals surface area contributed by atoms with Crippen molar-refractivity contribution in [2.24, 2.45) is 0 Å². The maximum atomic E-state index is 4.49. The molecule has 1 aromatic heterocycles. The number of hydrogen-bond donors (Lipinski definition) is 2. The lowest BCUT2D eigenvalue weighted by molar-refractivity contribution is 0.454. The molecule has 2 heterocycles. The molecule has 2 N–H and O–H groups in total. The third-order valence-corrected chi connectivity index (χ3v) is 3.77. The summed E-state index contributed by atoms with van der Waals surface area (Å²) in [7, 11) is 0. The minimum Gasteiger partial charge on any atom is -0.317 e. The van der Waals surface area contributed by atoms with Crippen molar-refractivity contribution in [3.05, 3.63) is 28.4 Å². The van der Waals surface area contributed by atoms with Crippen molar-refractivity contribution < 1.29 is 0 Å². The summed E-state index contributed by atoms with van der Waals surface area (Å²) < 4.78 is 1.10. The Morgan fingerprint density at radius 2 is 2.06 bits per heavy atom. The molecule has 3 nitrogen and oxygen atoms in total. The van der Waals surface area contributed by atoms with E-state index in [0.717, 1.165) is 23.1 Å². The zero-order chi connectivity index (χ0) is 11.0. The molecule has 1 aliphatic rings. The van der Waals surface area contributed by atoms with Crippen molar-refractivity contribution in [2.75, 3.05) is 13.1 Å². The number of aromatic nitrogens is 2. The molecular formula is C12H14BrN3. The predicted octanol–water partition coefficient (Wildman–Crippen LogP) is 2.79. The summed E-state index contributed by atoms with van der Waals surface area (Å²) in [4.78, 5) is 0. The maximum Gasteiger partial charge on any atom is 0.0732 e. The molecule has 4 heteroatoms. The van der Waals surface area contributed by atoms with Crippen molar-refractivity contribution in [3.8, 4) is 0 Å². The van der Waals surface area contributed by atoms with Crippen LogP contribution in [-0.2, 0) is 0 Å². The zero-order valence-corrected chi connectivity index (χ0v) is 10.5. The van der Waals surface area contributed by atoms with Crippen molar-refractivity contribution in [1.82, 2.24) is 15.5 Å². The average Bonchev–Trinajstić information content (AvgIpc) is 2.73. The molecule has 0 amide bonds. The summed E-state index contributed by atoms with van der Waals surface area (Å²) in [5.41, 5.74) is 2.37. The van der Waals surface area contributed by atoms with E-state index in [-0.39, 0.29) is 0 Å². The molecule has 0 atom stereocenters. The predicted molar refractivity (Wildman–Crippen MR) is 68.6 cm³/mol. The van der Waals surface area contributed by atoms with Gasteiger partial charge in [-0.05, 0) is 44.1 Å². The molecular weight excluding hydrogens is 266 g/mol. The molecule has 84 valence electrons. The molecule has 0 saturated carbocycles. The fourth-order valence-electron chi connectivity index (χ4n) is 2.42. The Hall–Kier alpha value is -0.870. The summed E-state index contributed by atoms with van der Waals surface area (Å²) in [6.07, 6.45) is 2.38. The average molecular weight is 280 g/mol. The standard InChI is InChI=1S/C12H14BrN3/c13-9-1-2-10-11(7-9)15-16-12(10)8-3-5-14-6-4-8/h1-2,7-8,14H,3-6H2,(H,15,16). The van der Waals surface area contributed by atoms with Crippen molar-refractivity contribution in [2.45, 2.75) is 18.8 Å². The molecule has 1 fully saturated rings. The molecule has 2 aromatic rings. The first-order valence-electron chi connectivity index (χ1n) is 5.69. The lowest BCUT2D eigenvalue weighted by Crippen LogP contribution is -2.26. The number of halogens is 1. The molecule has 0 unspecified atom stereocenters. The Morgan fingerprint density at radius 1 is 1.25 bits per heavy atom. The van der Waals surface area contributed by atoms with Gasteiger partial charge in [-0.2, -0.15) is 5.10 Å². The van der Waals surface area contributed by atoms with E-state index in [2.05, 4.69) is 49.6 Å². The van der Waals surface area contributed by atoms with E-state index >= 15 is 0 Å². The molecule has 0 bridgehead atoms. The second-order valence-corrected chi connectivity index (χ2v) is 5.24. The van der Waals surface area contributed by atoms with Gasteiger partial charge in [0.2, 0.25) is 0 Å². The van der Waals surface area contributed by atoms with Gasteiger partial charge in [-0.15, -0.1) is 0 Å². The molecule has 0 radical (unpaired) electrons. The van der Waals surface area contributed by atoms with E-state index in [1.165, 1.54) is 23.9 Å². The Morgan fingerprint density at radius 3 is 2.88 bits per heavy atom. The smallest absolute Gasteiger partial charge is 0.0732 e. The minimum atomic E-state index is 0.608. The number of nitrogens with zero attached hydrogens (tertiary/aromatic N) is 1. The van der Waals surface area contributed by atoms with E-state index in [1.807, 2.05) is 0 Å². The van der Waals surface area contributed by atoms with Gasteiger partial charge in [-0.25, -0.2) is 0 Å². The molecule has 0 aliphatic carbocycles. The van der Waals surface area contributed by atoms with Gasteiger partial charge in [0, 0.05) is 15.8 Å². The number of piperidine rings is 1. The van der Waals surface area contributed by atoms with Gasteiger partial charge in [0.15, 0.2) is 0 Å². The van der Waals surface area contributed by atoms with Gasteiger partial charge in [0.1, 0.15) is 0 Å². The van der Waals surface area contributed by atoms with Crippen LogP contribution in [0.2, 0.25) is 0 Å². The number of aromatic amines is 1. The van der Waals surface area contributed by atoms with Crippen LogP contribution in [0.1, 0.15) is 24.5 Å². The number of benzene rings is 1. The monoisotopic (exact) mass is 279 g/mol. The molecule has 16 heavy (non-hydrogen) atoms. The minimum absolute atomic E-state index is 0.608. The lowest BCUT2D eigenvalue weighted by atomic mass is 9.93. The first-order valence-corrected chi connectivity index (χ1v) is 6.48. The van der Waals surface area contributed by atoms with Gasteiger partial charge >= 0.3 is 0 Å². The number of hydrogen-bond acceptors (Lipinski definition) is 2. The van der Waals surface area contributed by atoms with Crippen LogP contribution in [0.25, 0.3) is 10.9 Å². The number of nitrogens with one attached hydrogen (secondary N) is 2. The Labute approximate surface area is 103 Å². The van der Waals surface area contributed by atoms with Crippen LogP contribution < -0.4 is 5.32 Å². The summed E-state index contributed by atoms with van der Waals surface area (Å²) in [5.74, 6) is 0.608. The van der Waals surface area contributed by atoms with Gasteiger partial charge in [-0.1, -0.05) is 15.9 Å². The van der Waals surface area contributed by atoms with E-state index < -0.39 is 0 Å². The summed E-state index contributed by atoms with van der Waals surface area (Å²) in [5, 5.41) is 12.3. The number of H-pyrrole nitrogens is 1. The Kier molecular flexibility index (Phi) is 2.69. The number of fused-ring (bicyclic) bond motifs is 1. The Bertz CT molecular complexity index is 500. The quantitative estimate of drug-likeness (QED) is 0.843. The highest BCUT2D eigenvalue weighted by Gasteiger charge is 2.19. The van der Waals surface area contributed by atoms with Crippen molar-refractivity contribution in [1.29, 1.82) is 0 Å². The fourth-order valence-corrected chi connectivity index (χ4v) is 2.78. The second-order valence-electron chi connectivity index (χ2n) is 4.32. The summed E-state index contributed by atoms with van der Waals surface area (Å²) >= 11 is 3.48. The van der Waals surface area contributed by atoms with Crippen LogP contribution in [0.5, 0.6) is 0 Å². The topological polar surface area (TPSA) is 40.7 Å². The molecule has 1 aromatic carbocycles. The summed E-state index contributed by atoms with van der Waals surface area (Å²) in [6, 6.07) is 6.33. The van der Waals surface area contributed by atoms with Gasteiger partial charge in [0.05, 0.1) is 11.2 Å².